The average Bonchev–Trinajstić information content (AvgIpc) is 3.88. The molecule has 0 aromatic heterocycles. The van der Waals surface area contributed by atoms with Gasteiger partial charge >= 0.3 is 0 Å². The molecule has 12 rings (SSSR count). The minimum atomic E-state index is -0.166. The molecule has 1 N–H and O–H groups in total. The Morgan fingerprint density at radius 3 is 1.58 bits per heavy atom. The summed E-state index contributed by atoms with van der Waals surface area (Å²) in [6.45, 7) is 4.74. The number of fused-ring (bicyclic) bond motifs is 6. The zero-order valence-electron chi connectivity index (χ0n) is 36.5. The van der Waals surface area contributed by atoms with Gasteiger partial charge in [-0.2, -0.15) is 0 Å². The normalized spacial score (nSPS) is 15.4. The minimum absolute atomic E-state index is 0.0806. The Balaban J connectivity index is 1.13. The lowest BCUT2D eigenvalue weighted by Crippen LogP contribution is -2.33. The SMILES string of the molecule is CC1(C)c2ccccc2-c2ccc(N(c3cc(-c4ccccc4)cc(-c4ccccc4)c3)c3ccc4c(c3)C3=C(c5ccccc5)C(c5ccccc5)NN3C(c3ccccc3)=C4)cc21. The van der Waals surface area contributed by atoms with Gasteiger partial charge in [-0.25, -0.2) is 5.43 Å². The van der Waals surface area contributed by atoms with Crippen LogP contribution in [-0.2, 0) is 5.41 Å². The predicted molar refractivity (Wildman–Crippen MR) is 271 cm³/mol. The lowest BCUT2D eigenvalue weighted by Gasteiger charge is -2.33. The van der Waals surface area contributed by atoms with Crippen LogP contribution in [0.15, 0.2) is 231 Å². The lowest BCUT2D eigenvalue weighted by atomic mass is 9.82. The van der Waals surface area contributed by atoms with Crippen LogP contribution in [0.4, 0.5) is 17.1 Å². The van der Waals surface area contributed by atoms with Crippen LogP contribution < -0.4 is 10.3 Å². The van der Waals surface area contributed by atoms with Crippen LogP contribution in [0.1, 0.15) is 58.8 Å². The van der Waals surface area contributed by atoms with Crippen molar-refractivity contribution in [2.45, 2.75) is 25.3 Å². The molecule has 1 unspecified atom stereocenters. The van der Waals surface area contributed by atoms with Crippen molar-refractivity contribution in [3.05, 3.63) is 269 Å². The Labute approximate surface area is 381 Å². The van der Waals surface area contributed by atoms with Gasteiger partial charge in [0.05, 0.1) is 17.4 Å². The van der Waals surface area contributed by atoms with Crippen LogP contribution in [0, 0.1) is 0 Å². The van der Waals surface area contributed by atoms with Gasteiger partial charge in [0, 0.05) is 33.6 Å². The largest absolute Gasteiger partial charge is 0.310 e. The third kappa shape index (κ3) is 6.63. The maximum Gasteiger partial charge on any atom is 0.0793 e. The summed E-state index contributed by atoms with van der Waals surface area (Å²) >= 11 is 0. The molecule has 9 aromatic rings. The number of rotatable bonds is 8. The van der Waals surface area contributed by atoms with Gasteiger partial charge in [0.1, 0.15) is 0 Å². The van der Waals surface area contributed by atoms with E-state index >= 15 is 0 Å². The highest BCUT2D eigenvalue weighted by molar-refractivity contribution is 6.05. The van der Waals surface area contributed by atoms with Gasteiger partial charge < -0.3 is 4.90 Å². The molecule has 3 aliphatic rings. The summed E-state index contributed by atoms with van der Waals surface area (Å²) in [5.74, 6) is 0. The first-order chi connectivity index (χ1) is 32.0. The Hall–Kier alpha value is -7.98. The second kappa shape index (κ2) is 15.7. The van der Waals surface area contributed by atoms with Crippen molar-refractivity contribution in [2.75, 3.05) is 4.90 Å². The number of hydrogen-bond donors (Lipinski definition) is 1. The van der Waals surface area contributed by atoms with Gasteiger partial charge in [-0.05, 0) is 115 Å². The number of hydrogen-bond acceptors (Lipinski definition) is 3. The molecule has 0 radical (unpaired) electrons. The summed E-state index contributed by atoms with van der Waals surface area (Å²) < 4.78 is 0. The molecule has 3 heteroatoms. The molecule has 0 saturated carbocycles. The van der Waals surface area contributed by atoms with Crippen molar-refractivity contribution in [3.8, 4) is 33.4 Å². The molecule has 310 valence electrons. The summed E-state index contributed by atoms with van der Waals surface area (Å²) in [5.41, 5.74) is 26.6. The maximum absolute atomic E-state index is 4.03. The van der Waals surface area contributed by atoms with Gasteiger partial charge in [0.25, 0.3) is 0 Å². The smallest absolute Gasteiger partial charge is 0.0793 e. The molecule has 1 atom stereocenters. The van der Waals surface area contributed by atoms with Crippen molar-refractivity contribution in [1.82, 2.24) is 10.4 Å². The average molecular weight is 834 g/mol. The summed E-state index contributed by atoms with van der Waals surface area (Å²) in [5, 5.41) is 2.35. The van der Waals surface area contributed by atoms with Crippen LogP contribution in [0.2, 0.25) is 0 Å². The fourth-order valence-corrected chi connectivity index (χ4v) is 10.4. The van der Waals surface area contributed by atoms with Crippen molar-refractivity contribution in [1.29, 1.82) is 0 Å². The summed E-state index contributed by atoms with van der Waals surface area (Å²) in [6.07, 6.45) is 2.35. The van der Waals surface area contributed by atoms with Gasteiger partial charge in [0.15, 0.2) is 0 Å². The number of nitrogens with one attached hydrogen (secondary N) is 1. The van der Waals surface area contributed by atoms with Crippen molar-refractivity contribution < 1.29 is 0 Å². The van der Waals surface area contributed by atoms with Crippen molar-refractivity contribution >= 4 is 40.1 Å². The molecule has 0 amide bonds. The van der Waals surface area contributed by atoms with Gasteiger partial charge in [-0.1, -0.05) is 202 Å². The molecule has 2 aliphatic heterocycles. The molecule has 0 spiro atoms. The van der Waals surface area contributed by atoms with E-state index in [0.717, 1.165) is 34.0 Å². The zero-order valence-corrected chi connectivity index (χ0v) is 36.5. The van der Waals surface area contributed by atoms with E-state index < -0.39 is 0 Å². The molecular formula is C62H47N3. The van der Waals surface area contributed by atoms with E-state index in [1.54, 1.807) is 0 Å². The minimum Gasteiger partial charge on any atom is -0.310 e. The molecule has 65 heavy (non-hydrogen) atoms. The predicted octanol–water partition coefficient (Wildman–Crippen LogP) is 15.7. The van der Waals surface area contributed by atoms with Crippen LogP contribution >= 0.6 is 0 Å². The second-order valence-electron chi connectivity index (χ2n) is 17.8. The number of nitrogens with zero attached hydrogens (tertiary/aromatic N) is 2. The van der Waals surface area contributed by atoms with Crippen molar-refractivity contribution in [3.63, 3.8) is 0 Å². The third-order valence-corrected chi connectivity index (χ3v) is 13.6. The second-order valence-corrected chi connectivity index (χ2v) is 17.8. The van der Waals surface area contributed by atoms with Gasteiger partial charge in [-0.3, -0.25) is 5.01 Å². The van der Waals surface area contributed by atoms with Crippen molar-refractivity contribution in [2.24, 2.45) is 0 Å². The lowest BCUT2D eigenvalue weighted by molar-refractivity contribution is 0.405. The molecule has 1 aliphatic carbocycles. The Morgan fingerprint density at radius 2 is 0.938 bits per heavy atom. The monoisotopic (exact) mass is 833 g/mol. The maximum atomic E-state index is 4.03. The Morgan fingerprint density at radius 1 is 0.415 bits per heavy atom. The van der Waals surface area contributed by atoms with E-state index in [4.69, 9.17) is 0 Å². The van der Waals surface area contributed by atoms with E-state index in [9.17, 15) is 0 Å². The highest BCUT2D eigenvalue weighted by Gasteiger charge is 2.40. The topological polar surface area (TPSA) is 18.5 Å². The number of anilines is 3. The molecule has 2 heterocycles. The van der Waals surface area contributed by atoms with E-state index in [1.165, 1.54) is 72.3 Å². The molecule has 0 bridgehead atoms. The van der Waals surface area contributed by atoms with E-state index in [0.29, 0.717) is 0 Å². The highest BCUT2D eigenvalue weighted by atomic mass is 15.6. The van der Waals surface area contributed by atoms with Crippen LogP contribution in [0.5, 0.6) is 0 Å². The van der Waals surface area contributed by atoms with Crippen LogP contribution in [0.25, 0.3) is 56.4 Å². The van der Waals surface area contributed by atoms with E-state index in [1.807, 2.05) is 0 Å². The highest BCUT2D eigenvalue weighted by Crippen LogP contribution is 2.53. The number of benzene rings is 9. The quantitative estimate of drug-likeness (QED) is 0.165. The zero-order chi connectivity index (χ0) is 43.5. The number of hydrazine groups is 1. The summed E-state index contributed by atoms with van der Waals surface area (Å²) in [7, 11) is 0. The Bertz CT molecular complexity index is 3240. The molecule has 0 fully saturated rings. The molecular weight excluding hydrogens is 787 g/mol. The van der Waals surface area contributed by atoms with E-state index in [-0.39, 0.29) is 11.5 Å². The first-order valence-corrected chi connectivity index (χ1v) is 22.6. The molecule has 3 nitrogen and oxygen atoms in total. The summed E-state index contributed by atoms with van der Waals surface area (Å²) in [6, 6.07) is 84.2. The molecule has 0 saturated heterocycles. The standard InChI is InChI=1S/C62H47N3/c1-62(2)56-31-19-18-30-53(56)54-35-34-51(41-57(54)62)64(52-37-48(42-20-8-3-9-21-42)36-49(38-52)43-22-10-4-11-23-43)50-33-32-47-39-58(44-24-12-5-13-25-44)65-61(55(47)40-50)59(45-26-14-6-15-27-45)60(63-65)46-28-16-7-17-29-46/h3-41,60,63H,1-2H3. The van der Waals surface area contributed by atoms with E-state index in [2.05, 4.69) is 266 Å². The first kappa shape index (κ1) is 38.7. The third-order valence-electron chi connectivity index (χ3n) is 13.6. The van der Waals surface area contributed by atoms with Gasteiger partial charge in [0.2, 0.25) is 0 Å². The molecule has 9 aromatic carbocycles. The van der Waals surface area contributed by atoms with Crippen LogP contribution in [0.3, 0.4) is 0 Å². The fourth-order valence-electron chi connectivity index (χ4n) is 10.4. The Kier molecular flexibility index (Phi) is 9.33. The fraction of sp³-hybridized carbons (Fsp3) is 0.0645. The van der Waals surface area contributed by atoms with Crippen LogP contribution in [-0.4, -0.2) is 5.01 Å². The summed E-state index contributed by atoms with van der Waals surface area (Å²) in [4.78, 5) is 2.49. The van der Waals surface area contributed by atoms with Gasteiger partial charge in [-0.15, -0.1) is 0 Å². The first-order valence-electron chi connectivity index (χ1n) is 22.6.